The monoisotopic (exact) mass is 472 g/mol. The van der Waals surface area contributed by atoms with E-state index in [1.807, 2.05) is 36.4 Å². The maximum atomic E-state index is 12.6. The molecule has 0 spiro atoms. The normalized spacial score (nSPS) is 19.0. The summed E-state index contributed by atoms with van der Waals surface area (Å²) in [7, 11) is -3.59. The second kappa shape index (κ2) is 11.5. The highest BCUT2D eigenvalue weighted by atomic mass is 32.2. The largest absolute Gasteiger partial charge is 0.508 e. The zero-order valence-corrected chi connectivity index (χ0v) is 19.7. The van der Waals surface area contributed by atoms with Gasteiger partial charge in [0, 0.05) is 0 Å². The molecule has 2 aromatic rings. The molecule has 33 heavy (non-hydrogen) atoms. The van der Waals surface area contributed by atoms with Crippen LogP contribution < -0.4 is 4.74 Å². The van der Waals surface area contributed by atoms with Crippen LogP contribution in [0.2, 0.25) is 0 Å². The molecule has 6 nitrogen and oxygen atoms in total. The maximum absolute atomic E-state index is 12.6. The molecule has 7 heteroatoms. The van der Waals surface area contributed by atoms with Gasteiger partial charge in [0.15, 0.2) is 9.84 Å². The number of hydrogen-bond acceptors (Lipinski definition) is 6. The van der Waals surface area contributed by atoms with E-state index in [1.165, 1.54) is 0 Å². The molecule has 178 valence electrons. The van der Waals surface area contributed by atoms with Crippen molar-refractivity contribution in [1.82, 2.24) is 0 Å². The van der Waals surface area contributed by atoms with Crippen molar-refractivity contribution in [1.29, 1.82) is 0 Å². The average Bonchev–Trinajstić information content (AvgIpc) is 3.07. The van der Waals surface area contributed by atoms with E-state index < -0.39 is 27.8 Å². The average molecular weight is 473 g/mol. The molecule has 0 saturated carbocycles. The lowest BCUT2D eigenvalue weighted by molar-refractivity contribution is 0.187. The van der Waals surface area contributed by atoms with E-state index in [1.54, 1.807) is 24.3 Å². The van der Waals surface area contributed by atoms with E-state index in [9.17, 15) is 23.7 Å². The molecular formula is C26H32O6S. The van der Waals surface area contributed by atoms with Gasteiger partial charge in [-0.05, 0) is 60.2 Å². The molecule has 0 radical (unpaired) electrons. The number of ether oxygens (including phenoxy) is 1. The van der Waals surface area contributed by atoms with Gasteiger partial charge in [0.1, 0.15) is 23.4 Å². The molecule has 3 rings (SSSR count). The molecule has 0 amide bonds. The molecule has 2 aromatic carbocycles. The molecule has 3 N–H and O–H groups in total. The summed E-state index contributed by atoms with van der Waals surface area (Å²) in [5, 5.41) is 29.2. The van der Waals surface area contributed by atoms with Gasteiger partial charge in [0.05, 0.1) is 18.5 Å². The first kappa shape index (κ1) is 25.0. The summed E-state index contributed by atoms with van der Waals surface area (Å²) in [6.07, 6.45) is 3.77. The second-order valence-corrected chi connectivity index (χ2v) is 10.5. The van der Waals surface area contributed by atoms with Crippen LogP contribution in [0.4, 0.5) is 0 Å². The first-order chi connectivity index (χ1) is 15.8. The van der Waals surface area contributed by atoms with Crippen molar-refractivity contribution < 1.29 is 28.5 Å². The van der Waals surface area contributed by atoms with Crippen LogP contribution in [0, 0.1) is 0 Å². The quantitative estimate of drug-likeness (QED) is 0.429. The molecule has 1 heterocycles. The van der Waals surface area contributed by atoms with Gasteiger partial charge < -0.3 is 20.1 Å². The first-order valence-electron chi connectivity index (χ1n) is 11.2. The highest BCUT2D eigenvalue weighted by molar-refractivity contribution is 7.92. The molecule has 0 unspecified atom stereocenters. The number of aliphatic hydroxyl groups is 2. The van der Waals surface area contributed by atoms with Crippen LogP contribution in [-0.4, -0.2) is 54.1 Å². The van der Waals surface area contributed by atoms with Crippen molar-refractivity contribution in [3.8, 4) is 11.5 Å². The number of phenolic OH excluding ortho intramolecular Hbond substituents is 1. The zero-order valence-electron chi connectivity index (χ0n) is 18.9. The summed E-state index contributed by atoms with van der Waals surface area (Å²) in [6.45, 7) is 1.57. The van der Waals surface area contributed by atoms with Crippen LogP contribution in [0.5, 0.6) is 11.5 Å². The third kappa shape index (κ3) is 6.69. The van der Waals surface area contributed by atoms with Gasteiger partial charge in [-0.1, -0.05) is 55.3 Å². The fourth-order valence-corrected chi connectivity index (χ4v) is 6.07. The molecule has 0 aliphatic carbocycles. The number of aliphatic hydroxyl groups excluding tert-OH is 2. The number of hydrogen-bond donors (Lipinski definition) is 3. The fourth-order valence-electron chi connectivity index (χ4n) is 4.20. The summed E-state index contributed by atoms with van der Waals surface area (Å²) < 4.78 is 31.0. The SMILES string of the molecule is CCC/C(=C\c1ccc(O)cc1)CC[C@@H](O)C1=C(COc2ccccc2)CS(=O)(=O)[C@H]1CO. The lowest BCUT2D eigenvalue weighted by Crippen LogP contribution is -2.29. The van der Waals surface area contributed by atoms with Crippen LogP contribution in [0.1, 0.15) is 38.2 Å². The molecular weight excluding hydrogens is 440 g/mol. The predicted octanol–water partition coefficient (Wildman–Crippen LogP) is 3.88. The summed E-state index contributed by atoms with van der Waals surface area (Å²) >= 11 is 0. The fraction of sp³-hybridized carbons (Fsp3) is 0.385. The Labute approximate surface area is 195 Å². The van der Waals surface area contributed by atoms with Crippen molar-refractivity contribution >= 4 is 15.9 Å². The minimum Gasteiger partial charge on any atom is -0.508 e. The lowest BCUT2D eigenvalue weighted by Gasteiger charge is -2.20. The number of aromatic hydroxyl groups is 1. The minimum absolute atomic E-state index is 0.0529. The summed E-state index contributed by atoms with van der Waals surface area (Å²) in [6, 6.07) is 16.0. The number of sulfone groups is 1. The van der Waals surface area contributed by atoms with Crippen molar-refractivity contribution in [2.24, 2.45) is 0 Å². The number of phenols is 1. The van der Waals surface area contributed by atoms with E-state index in [2.05, 4.69) is 6.92 Å². The lowest BCUT2D eigenvalue weighted by atomic mass is 9.93. The van der Waals surface area contributed by atoms with Gasteiger partial charge in [0.25, 0.3) is 0 Å². The van der Waals surface area contributed by atoms with Gasteiger partial charge in [-0.15, -0.1) is 0 Å². The Morgan fingerprint density at radius 1 is 1.12 bits per heavy atom. The van der Waals surface area contributed by atoms with E-state index in [0.29, 0.717) is 29.7 Å². The Bertz CT molecular complexity index is 1070. The molecule has 0 bridgehead atoms. The molecule has 1 aliphatic rings. The molecule has 0 fully saturated rings. The van der Waals surface area contributed by atoms with Crippen LogP contribution in [0.3, 0.4) is 0 Å². The van der Waals surface area contributed by atoms with Gasteiger partial charge in [-0.25, -0.2) is 8.42 Å². The van der Waals surface area contributed by atoms with E-state index in [-0.39, 0.29) is 18.1 Å². The summed E-state index contributed by atoms with van der Waals surface area (Å²) in [4.78, 5) is 0. The molecule has 0 saturated heterocycles. The highest BCUT2D eigenvalue weighted by Gasteiger charge is 2.41. The second-order valence-electron chi connectivity index (χ2n) is 8.34. The molecule has 1 aliphatic heterocycles. The Balaban J connectivity index is 1.77. The molecule has 0 aromatic heterocycles. The number of para-hydroxylation sites is 1. The number of benzene rings is 2. The van der Waals surface area contributed by atoms with Gasteiger partial charge in [-0.3, -0.25) is 0 Å². The van der Waals surface area contributed by atoms with Gasteiger partial charge in [-0.2, -0.15) is 0 Å². The third-order valence-electron chi connectivity index (χ3n) is 5.82. The Hall–Kier alpha value is -2.61. The predicted molar refractivity (Wildman–Crippen MR) is 130 cm³/mol. The van der Waals surface area contributed by atoms with Crippen LogP contribution in [-0.2, 0) is 9.84 Å². The smallest absolute Gasteiger partial charge is 0.163 e. The maximum Gasteiger partial charge on any atom is 0.163 e. The number of allylic oxidation sites excluding steroid dienone is 1. The van der Waals surface area contributed by atoms with Gasteiger partial charge >= 0.3 is 0 Å². The Kier molecular flexibility index (Phi) is 8.72. The van der Waals surface area contributed by atoms with Crippen molar-refractivity contribution in [2.75, 3.05) is 19.0 Å². The Morgan fingerprint density at radius 3 is 2.45 bits per heavy atom. The van der Waals surface area contributed by atoms with Crippen molar-refractivity contribution in [3.63, 3.8) is 0 Å². The zero-order chi connectivity index (χ0) is 23.8. The Morgan fingerprint density at radius 2 is 1.82 bits per heavy atom. The summed E-state index contributed by atoms with van der Waals surface area (Å²) in [5.74, 6) is 0.600. The number of rotatable bonds is 11. The van der Waals surface area contributed by atoms with E-state index in [0.717, 1.165) is 24.0 Å². The standard InChI is InChI=1S/C26H32O6S/c1-2-6-19(15-20-9-12-22(28)13-10-20)11-14-24(29)26-21(18-33(30,31)25(26)16-27)17-32-23-7-4-3-5-8-23/h3-5,7-10,12-13,15,24-25,27-29H,2,6,11,14,16-18H2,1H3/b19-15+/t24-,25+/m1/s1. The third-order valence-corrected chi connectivity index (χ3v) is 7.84. The first-order valence-corrected chi connectivity index (χ1v) is 12.9. The van der Waals surface area contributed by atoms with Crippen LogP contribution in [0.15, 0.2) is 71.3 Å². The van der Waals surface area contributed by atoms with E-state index in [4.69, 9.17) is 4.74 Å². The molecule has 2 atom stereocenters. The minimum atomic E-state index is -3.59. The summed E-state index contributed by atoms with van der Waals surface area (Å²) in [5.41, 5.74) is 2.98. The van der Waals surface area contributed by atoms with Crippen LogP contribution in [0.25, 0.3) is 6.08 Å². The highest BCUT2D eigenvalue weighted by Crippen LogP contribution is 2.33. The van der Waals surface area contributed by atoms with Crippen LogP contribution >= 0.6 is 0 Å². The van der Waals surface area contributed by atoms with E-state index >= 15 is 0 Å². The van der Waals surface area contributed by atoms with Crippen molar-refractivity contribution in [2.45, 2.75) is 44.0 Å². The topological polar surface area (TPSA) is 104 Å². The van der Waals surface area contributed by atoms with Crippen molar-refractivity contribution in [3.05, 3.63) is 76.9 Å². The van der Waals surface area contributed by atoms with Gasteiger partial charge in [0.2, 0.25) is 0 Å².